The Kier molecular flexibility index (Phi) is 1.80. The molecule has 4 heteroatoms. The Morgan fingerprint density at radius 2 is 2.20 bits per heavy atom. The third-order valence-corrected chi connectivity index (χ3v) is 1.22. The van der Waals surface area contributed by atoms with Crippen LogP contribution in [0, 0.1) is 0 Å². The molecule has 10 heavy (non-hydrogen) atoms. The van der Waals surface area contributed by atoms with Crippen LogP contribution in [0.2, 0.25) is 0 Å². The topological polar surface area (TPSA) is 64.7 Å². The molecule has 0 spiro atoms. The molecular weight excluding hydrogens is 128 g/mol. The highest BCUT2D eigenvalue weighted by atomic mass is 15.2. The normalized spacial score (nSPS) is 10.3. The molecule has 1 heterocycles. The van der Waals surface area contributed by atoms with Crippen LogP contribution in [0.4, 0.5) is 5.82 Å². The summed E-state index contributed by atoms with van der Waals surface area (Å²) >= 11 is 0. The number of nitrogens with two attached hydrogens (primary N) is 1. The van der Waals surface area contributed by atoms with Gasteiger partial charge >= 0.3 is 0 Å². The van der Waals surface area contributed by atoms with Gasteiger partial charge in [0.1, 0.15) is 17.8 Å². The highest BCUT2D eigenvalue weighted by Gasteiger charge is 2.05. The minimum absolute atomic E-state index is 0.293. The van der Waals surface area contributed by atoms with Gasteiger partial charge in [0, 0.05) is 5.92 Å². The third-order valence-electron chi connectivity index (χ3n) is 1.22. The summed E-state index contributed by atoms with van der Waals surface area (Å²) in [5.41, 5.74) is 6.27. The molecule has 0 aromatic carbocycles. The van der Waals surface area contributed by atoms with Crippen LogP contribution >= 0.6 is 0 Å². The fourth-order valence-corrected chi connectivity index (χ4v) is 0.705. The summed E-state index contributed by atoms with van der Waals surface area (Å²) in [5.74, 6) is 0.770. The van der Waals surface area contributed by atoms with Crippen LogP contribution in [0.1, 0.15) is 25.5 Å². The minimum atomic E-state index is 0.293. The van der Waals surface area contributed by atoms with Crippen LogP contribution in [-0.2, 0) is 0 Å². The minimum Gasteiger partial charge on any atom is -0.382 e. The van der Waals surface area contributed by atoms with Gasteiger partial charge in [-0.05, 0) is 0 Å². The van der Waals surface area contributed by atoms with E-state index in [1.54, 1.807) is 0 Å². The van der Waals surface area contributed by atoms with Crippen molar-refractivity contribution >= 4 is 5.82 Å². The van der Waals surface area contributed by atoms with Gasteiger partial charge in [0.15, 0.2) is 0 Å². The molecule has 0 fully saturated rings. The third kappa shape index (κ3) is 1.21. The fraction of sp³-hybridized carbons (Fsp3) is 0.500. The van der Waals surface area contributed by atoms with E-state index >= 15 is 0 Å². The van der Waals surface area contributed by atoms with Gasteiger partial charge in [-0.25, -0.2) is 4.98 Å². The summed E-state index contributed by atoms with van der Waals surface area (Å²) in [6, 6.07) is 0. The Hall–Kier alpha value is -1.19. The first kappa shape index (κ1) is 6.92. The molecule has 0 amide bonds. The molecule has 0 bridgehead atoms. The van der Waals surface area contributed by atoms with Crippen LogP contribution in [-0.4, -0.2) is 15.2 Å². The summed E-state index contributed by atoms with van der Waals surface area (Å²) < 4.78 is 0. The van der Waals surface area contributed by atoms with Crippen molar-refractivity contribution in [1.82, 2.24) is 15.2 Å². The summed E-state index contributed by atoms with van der Waals surface area (Å²) in [7, 11) is 0. The lowest BCUT2D eigenvalue weighted by atomic mass is 10.1. The number of nitrogen functional groups attached to an aromatic ring is 1. The standard InChI is InChI=1S/C6H10N4/c1-4(2)5-6(7)8-3-9-10-5/h3-4H,1-2H3,(H2,7,8,9). The SMILES string of the molecule is CC(C)c1nncnc1N. The van der Waals surface area contributed by atoms with E-state index < -0.39 is 0 Å². The van der Waals surface area contributed by atoms with E-state index in [0.29, 0.717) is 11.7 Å². The molecule has 0 aliphatic rings. The highest BCUT2D eigenvalue weighted by Crippen LogP contribution is 2.13. The van der Waals surface area contributed by atoms with Crippen molar-refractivity contribution in [2.45, 2.75) is 19.8 Å². The predicted octanol–water partition coefficient (Wildman–Crippen LogP) is 0.577. The molecular formula is C6H10N4. The largest absolute Gasteiger partial charge is 0.382 e. The zero-order valence-corrected chi connectivity index (χ0v) is 6.07. The van der Waals surface area contributed by atoms with Crippen molar-refractivity contribution in [2.75, 3.05) is 5.73 Å². The summed E-state index contributed by atoms with van der Waals surface area (Å²) in [5, 5.41) is 7.47. The van der Waals surface area contributed by atoms with E-state index in [9.17, 15) is 0 Å². The van der Waals surface area contributed by atoms with E-state index in [1.165, 1.54) is 6.33 Å². The lowest BCUT2D eigenvalue weighted by Crippen LogP contribution is -2.03. The zero-order valence-electron chi connectivity index (χ0n) is 6.07. The first-order valence-corrected chi connectivity index (χ1v) is 3.15. The average Bonchev–Trinajstić information content (AvgIpc) is 1.88. The summed E-state index contributed by atoms with van der Waals surface area (Å²) in [4.78, 5) is 3.80. The van der Waals surface area contributed by atoms with E-state index in [0.717, 1.165) is 5.69 Å². The summed E-state index contributed by atoms with van der Waals surface area (Å²) in [6.07, 6.45) is 1.35. The van der Waals surface area contributed by atoms with Crippen LogP contribution in [0.25, 0.3) is 0 Å². The summed E-state index contributed by atoms with van der Waals surface area (Å²) in [6.45, 7) is 4.00. The number of aromatic nitrogens is 3. The maximum atomic E-state index is 5.51. The molecule has 0 radical (unpaired) electrons. The van der Waals surface area contributed by atoms with Crippen LogP contribution < -0.4 is 5.73 Å². The quantitative estimate of drug-likeness (QED) is 0.616. The molecule has 2 N–H and O–H groups in total. The monoisotopic (exact) mass is 138 g/mol. The van der Waals surface area contributed by atoms with E-state index in [4.69, 9.17) is 5.73 Å². The Bertz CT molecular complexity index is 221. The van der Waals surface area contributed by atoms with Crippen molar-refractivity contribution < 1.29 is 0 Å². The molecule has 0 saturated carbocycles. The van der Waals surface area contributed by atoms with E-state index in [1.807, 2.05) is 13.8 Å². The zero-order chi connectivity index (χ0) is 7.56. The fourth-order valence-electron chi connectivity index (χ4n) is 0.705. The van der Waals surface area contributed by atoms with Gasteiger partial charge < -0.3 is 5.73 Å². The predicted molar refractivity (Wildman–Crippen MR) is 38.3 cm³/mol. The Morgan fingerprint density at radius 1 is 1.50 bits per heavy atom. The van der Waals surface area contributed by atoms with Crippen LogP contribution in [0.5, 0.6) is 0 Å². The van der Waals surface area contributed by atoms with Crippen molar-refractivity contribution in [2.24, 2.45) is 0 Å². The van der Waals surface area contributed by atoms with Gasteiger partial charge in [0.25, 0.3) is 0 Å². The molecule has 4 nitrogen and oxygen atoms in total. The first-order chi connectivity index (χ1) is 4.72. The second-order valence-electron chi connectivity index (χ2n) is 2.39. The van der Waals surface area contributed by atoms with Gasteiger partial charge in [-0.1, -0.05) is 13.8 Å². The van der Waals surface area contributed by atoms with Gasteiger partial charge in [-0.2, -0.15) is 0 Å². The number of hydrogen-bond acceptors (Lipinski definition) is 4. The van der Waals surface area contributed by atoms with Gasteiger partial charge in [0.2, 0.25) is 0 Å². The van der Waals surface area contributed by atoms with Gasteiger partial charge in [0.05, 0.1) is 0 Å². The molecule has 1 aromatic heterocycles. The molecule has 1 rings (SSSR count). The maximum absolute atomic E-state index is 5.51. The molecule has 0 aliphatic carbocycles. The average molecular weight is 138 g/mol. The van der Waals surface area contributed by atoms with Gasteiger partial charge in [-0.3, -0.25) is 0 Å². The smallest absolute Gasteiger partial charge is 0.149 e. The number of nitrogens with zero attached hydrogens (tertiary/aromatic N) is 3. The lowest BCUT2D eigenvalue weighted by molar-refractivity contribution is 0.773. The van der Waals surface area contributed by atoms with Crippen molar-refractivity contribution in [3.05, 3.63) is 12.0 Å². The lowest BCUT2D eigenvalue weighted by Gasteiger charge is -2.03. The van der Waals surface area contributed by atoms with Crippen LogP contribution in [0.3, 0.4) is 0 Å². The second-order valence-corrected chi connectivity index (χ2v) is 2.39. The molecule has 0 atom stereocenters. The number of rotatable bonds is 1. The Labute approximate surface area is 59.5 Å². The molecule has 0 saturated heterocycles. The molecule has 1 aromatic rings. The maximum Gasteiger partial charge on any atom is 0.149 e. The van der Waals surface area contributed by atoms with Crippen molar-refractivity contribution in [3.63, 3.8) is 0 Å². The molecule has 0 unspecified atom stereocenters. The first-order valence-electron chi connectivity index (χ1n) is 3.15. The highest BCUT2D eigenvalue weighted by molar-refractivity contribution is 5.33. The Balaban J connectivity index is 3.03. The second kappa shape index (κ2) is 2.60. The van der Waals surface area contributed by atoms with E-state index in [-0.39, 0.29) is 0 Å². The van der Waals surface area contributed by atoms with Crippen LogP contribution in [0.15, 0.2) is 6.33 Å². The van der Waals surface area contributed by atoms with Gasteiger partial charge in [-0.15, -0.1) is 10.2 Å². The number of anilines is 1. The van der Waals surface area contributed by atoms with E-state index in [2.05, 4.69) is 15.2 Å². The number of hydrogen-bond donors (Lipinski definition) is 1. The Morgan fingerprint density at radius 3 is 2.60 bits per heavy atom. The van der Waals surface area contributed by atoms with Crippen molar-refractivity contribution in [1.29, 1.82) is 0 Å². The van der Waals surface area contributed by atoms with Crippen molar-refractivity contribution in [3.8, 4) is 0 Å². The molecule has 54 valence electrons. The molecule has 0 aliphatic heterocycles.